The molecule has 0 radical (unpaired) electrons. The number of aromatic nitrogens is 3. The van der Waals surface area contributed by atoms with Crippen LogP contribution in [0.1, 0.15) is 24.8 Å². The van der Waals surface area contributed by atoms with Crippen LogP contribution in [0.4, 0.5) is 14.5 Å². The number of nitrogens with zero attached hydrogens (tertiary/aromatic N) is 2. The van der Waals surface area contributed by atoms with Gasteiger partial charge in [-0.3, -0.25) is 4.98 Å². The number of anilines is 1. The molecule has 4 N–H and O–H groups in total. The molecule has 3 aromatic rings. The predicted octanol–water partition coefficient (Wildman–Crippen LogP) is 3.47. The van der Waals surface area contributed by atoms with Gasteiger partial charge in [-0.2, -0.15) is 0 Å². The van der Waals surface area contributed by atoms with Crippen LogP contribution < -0.4 is 11.1 Å². The van der Waals surface area contributed by atoms with Gasteiger partial charge < -0.3 is 16.0 Å². The number of nitrogens with two attached hydrogens (primary N) is 1. The van der Waals surface area contributed by atoms with Crippen molar-refractivity contribution in [3.05, 3.63) is 42.4 Å². The summed E-state index contributed by atoms with van der Waals surface area (Å²) in [6.45, 7) is 0.563. The molecule has 7 heteroatoms. The first kappa shape index (κ1) is 15.0. The van der Waals surface area contributed by atoms with Crippen molar-refractivity contribution in [1.82, 2.24) is 15.0 Å². The molecule has 0 aliphatic heterocycles. The Labute approximate surface area is 137 Å². The number of alkyl halides is 2. The third-order valence-electron chi connectivity index (χ3n) is 4.40. The summed E-state index contributed by atoms with van der Waals surface area (Å²) in [5, 5.41) is 3.88. The molecule has 1 fully saturated rings. The van der Waals surface area contributed by atoms with Crippen LogP contribution in [0.5, 0.6) is 0 Å². The summed E-state index contributed by atoms with van der Waals surface area (Å²) in [4.78, 5) is 11.5. The average Bonchev–Trinajstić information content (AvgIpc) is 3.17. The van der Waals surface area contributed by atoms with Crippen LogP contribution in [0.3, 0.4) is 0 Å². The van der Waals surface area contributed by atoms with Gasteiger partial charge in [0.25, 0.3) is 6.43 Å². The van der Waals surface area contributed by atoms with E-state index in [-0.39, 0.29) is 16.8 Å². The number of hydrogen-bond acceptors (Lipinski definition) is 4. The molecule has 4 rings (SSSR count). The molecule has 24 heavy (non-hydrogen) atoms. The molecule has 0 bridgehead atoms. The molecule has 0 unspecified atom stereocenters. The highest BCUT2D eigenvalue weighted by Gasteiger charge is 2.37. The van der Waals surface area contributed by atoms with Crippen molar-refractivity contribution in [3.63, 3.8) is 0 Å². The van der Waals surface area contributed by atoms with Gasteiger partial charge in [0, 0.05) is 41.0 Å². The Morgan fingerprint density at radius 2 is 2.17 bits per heavy atom. The summed E-state index contributed by atoms with van der Waals surface area (Å²) in [5.74, 6) is 0. The van der Waals surface area contributed by atoms with E-state index in [1.807, 2.05) is 6.07 Å². The van der Waals surface area contributed by atoms with Crippen LogP contribution >= 0.6 is 0 Å². The van der Waals surface area contributed by atoms with Crippen LogP contribution in [0.2, 0.25) is 0 Å². The van der Waals surface area contributed by atoms with Crippen molar-refractivity contribution < 1.29 is 8.78 Å². The normalized spacial score (nSPS) is 15.8. The second kappa shape index (κ2) is 5.52. The summed E-state index contributed by atoms with van der Waals surface area (Å²) in [6, 6.07) is 5.06. The van der Waals surface area contributed by atoms with Crippen LogP contribution in [-0.4, -0.2) is 27.0 Å². The molecule has 0 atom stereocenters. The van der Waals surface area contributed by atoms with E-state index in [4.69, 9.17) is 5.73 Å². The molecule has 124 valence electrons. The summed E-state index contributed by atoms with van der Waals surface area (Å²) >= 11 is 0. The number of hydrogen-bond donors (Lipinski definition) is 3. The zero-order chi connectivity index (χ0) is 16.7. The van der Waals surface area contributed by atoms with E-state index in [1.54, 1.807) is 24.7 Å². The minimum atomic E-state index is -2.62. The second-order valence-electron chi connectivity index (χ2n) is 6.28. The van der Waals surface area contributed by atoms with Crippen LogP contribution in [0, 0.1) is 0 Å². The lowest BCUT2D eigenvalue weighted by Gasteiger charge is -2.14. The van der Waals surface area contributed by atoms with Gasteiger partial charge in [-0.05, 0) is 31.0 Å². The first-order valence-corrected chi connectivity index (χ1v) is 7.79. The summed E-state index contributed by atoms with van der Waals surface area (Å²) in [5.41, 5.74) is 7.81. The number of fused-ring (bicyclic) bond motifs is 1. The lowest BCUT2D eigenvalue weighted by molar-refractivity contribution is 0.151. The third kappa shape index (κ3) is 2.71. The molecule has 3 aromatic heterocycles. The van der Waals surface area contributed by atoms with Crippen molar-refractivity contribution in [2.75, 3.05) is 11.9 Å². The molecule has 0 saturated heterocycles. The lowest BCUT2D eigenvalue weighted by atomic mass is 10.1. The van der Waals surface area contributed by atoms with Crippen LogP contribution in [-0.2, 0) is 0 Å². The fraction of sp³-hybridized carbons (Fsp3) is 0.294. The summed E-state index contributed by atoms with van der Waals surface area (Å²) < 4.78 is 27.1. The quantitative estimate of drug-likeness (QED) is 0.670. The monoisotopic (exact) mass is 329 g/mol. The van der Waals surface area contributed by atoms with E-state index < -0.39 is 6.43 Å². The molecule has 1 aliphatic carbocycles. The van der Waals surface area contributed by atoms with Gasteiger partial charge in [0.1, 0.15) is 5.65 Å². The Kier molecular flexibility index (Phi) is 3.45. The SMILES string of the molecule is NC1(CNc2cnc(-c3c[nH]c4ncccc34)c(C(F)F)c2)CC1. The van der Waals surface area contributed by atoms with Crippen LogP contribution in [0.15, 0.2) is 36.8 Å². The first-order valence-electron chi connectivity index (χ1n) is 7.79. The molecule has 1 saturated carbocycles. The molecule has 1 aliphatic rings. The number of nitrogens with one attached hydrogen (secondary N) is 2. The van der Waals surface area contributed by atoms with Crippen molar-refractivity contribution >= 4 is 16.7 Å². The van der Waals surface area contributed by atoms with Gasteiger partial charge >= 0.3 is 0 Å². The van der Waals surface area contributed by atoms with Gasteiger partial charge in [0.05, 0.1) is 17.6 Å². The Morgan fingerprint density at radius 1 is 1.33 bits per heavy atom. The highest BCUT2D eigenvalue weighted by Crippen LogP contribution is 2.36. The van der Waals surface area contributed by atoms with Gasteiger partial charge in [-0.25, -0.2) is 13.8 Å². The zero-order valence-electron chi connectivity index (χ0n) is 12.9. The lowest BCUT2D eigenvalue weighted by Crippen LogP contribution is -2.31. The van der Waals surface area contributed by atoms with Gasteiger partial charge in [0.2, 0.25) is 0 Å². The Hall–Kier alpha value is -2.54. The van der Waals surface area contributed by atoms with Crippen molar-refractivity contribution in [2.45, 2.75) is 24.8 Å². The molecule has 5 nitrogen and oxygen atoms in total. The van der Waals surface area contributed by atoms with Gasteiger partial charge in [-0.15, -0.1) is 0 Å². The number of aromatic amines is 1. The Bertz CT molecular complexity index is 886. The fourth-order valence-electron chi connectivity index (χ4n) is 2.74. The Balaban J connectivity index is 1.72. The van der Waals surface area contributed by atoms with E-state index in [2.05, 4.69) is 20.3 Å². The van der Waals surface area contributed by atoms with E-state index >= 15 is 0 Å². The smallest absolute Gasteiger partial charge is 0.266 e. The second-order valence-corrected chi connectivity index (χ2v) is 6.28. The highest BCUT2D eigenvalue weighted by atomic mass is 19.3. The number of halogens is 2. The molecule has 0 amide bonds. The topological polar surface area (TPSA) is 79.6 Å². The summed E-state index contributed by atoms with van der Waals surface area (Å²) in [6.07, 6.45) is 4.17. The molecular weight excluding hydrogens is 312 g/mol. The van der Waals surface area contributed by atoms with Crippen molar-refractivity contribution in [3.8, 4) is 11.3 Å². The van der Waals surface area contributed by atoms with Gasteiger partial charge in [0.15, 0.2) is 0 Å². The number of rotatable bonds is 5. The summed E-state index contributed by atoms with van der Waals surface area (Å²) in [7, 11) is 0. The number of pyridine rings is 2. The van der Waals surface area contributed by atoms with E-state index in [1.165, 1.54) is 6.07 Å². The van der Waals surface area contributed by atoms with Crippen molar-refractivity contribution in [2.24, 2.45) is 5.73 Å². The molecule has 0 spiro atoms. The van der Waals surface area contributed by atoms with Crippen molar-refractivity contribution in [1.29, 1.82) is 0 Å². The maximum absolute atomic E-state index is 13.6. The van der Waals surface area contributed by atoms with Crippen LogP contribution in [0.25, 0.3) is 22.3 Å². The first-order chi connectivity index (χ1) is 11.6. The maximum atomic E-state index is 13.6. The zero-order valence-corrected chi connectivity index (χ0v) is 12.9. The minimum Gasteiger partial charge on any atom is -0.382 e. The molecule has 3 heterocycles. The van der Waals surface area contributed by atoms with E-state index in [0.717, 1.165) is 18.2 Å². The molecular formula is C17H17F2N5. The van der Waals surface area contributed by atoms with E-state index in [9.17, 15) is 8.78 Å². The average molecular weight is 329 g/mol. The minimum absolute atomic E-state index is 0.105. The molecule has 0 aromatic carbocycles. The van der Waals surface area contributed by atoms with Gasteiger partial charge in [-0.1, -0.05) is 0 Å². The van der Waals surface area contributed by atoms with E-state index in [0.29, 0.717) is 23.4 Å². The predicted molar refractivity (Wildman–Crippen MR) is 88.9 cm³/mol. The maximum Gasteiger partial charge on any atom is 0.266 e. The standard InChI is InChI=1S/C17H17F2N5/c18-15(19)12-6-10(24-9-17(20)3-4-17)7-22-14(12)13-8-23-16-11(13)2-1-5-21-16/h1-2,5-8,15,24H,3-4,9,20H2,(H,21,23). The Morgan fingerprint density at radius 3 is 2.92 bits per heavy atom. The third-order valence-corrected chi connectivity index (χ3v) is 4.40. The highest BCUT2D eigenvalue weighted by molar-refractivity contribution is 5.93. The largest absolute Gasteiger partial charge is 0.382 e. The number of H-pyrrole nitrogens is 1. The fourth-order valence-corrected chi connectivity index (χ4v) is 2.74.